The molecule has 28 heavy (non-hydrogen) atoms. The van der Waals surface area contributed by atoms with Gasteiger partial charge < -0.3 is 15.1 Å². The van der Waals surface area contributed by atoms with Crippen molar-refractivity contribution in [1.29, 1.82) is 0 Å². The average molecular weight is 408 g/mol. The molecule has 0 aliphatic carbocycles. The Hall–Kier alpha value is -1.90. The van der Waals surface area contributed by atoms with E-state index in [0.717, 1.165) is 25.2 Å². The number of carbonyl (C=O) groups excluding carboxylic acids is 1. The third-order valence-electron chi connectivity index (χ3n) is 5.96. The minimum Gasteiger partial charge on any atom is -0.341 e. The molecule has 1 unspecified atom stereocenters. The second kappa shape index (κ2) is 7.17. The number of urea groups is 1. The van der Waals surface area contributed by atoms with E-state index in [1.807, 2.05) is 13.8 Å². The maximum atomic E-state index is 12.8. The Labute approximate surface area is 166 Å². The number of anilines is 1. The Morgan fingerprint density at radius 2 is 2.07 bits per heavy atom. The Kier molecular flexibility index (Phi) is 4.97. The molecule has 1 aromatic heterocycles. The first-order valence-corrected chi connectivity index (χ1v) is 11.8. The largest absolute Gasteiger partial charge is 0.341 e. The SMILES string of the molecule is CC1CCCN(c2ncc3c(n2)[C@@H]2CN(C(=O)NC(C)C)C[C@@H]2S(=O)(=O)C3)C1. The molecular formula is C19H29N5O3S. The minimum absolute atomic E-state index is 0.00837. The van der Waals surface area contributed by atoms with Gasteiger partial charge in [-0.3, -0.25) is 0 Å². The van der Waals surface area contributed by atoms with Gasteiger partial charge in [-0.1, -0.05) is 6.92 Å². The molecular weight excluding hydrogens is 378 g/mol. The number of aromatic nitrogens is 2. The Morgan fingerprint density at radius 1 is 1.29 bits per heavy atom. The molecule has 2 fully saturated rings. The number of nitrogens with one attached hydrogen (secondary N) is 1. The molecule has 2 saturated heterocycles. The van der Waals surface area contributed by atoms with Crippen LogP contribution in [0.1, 0.15) is 50.8 Å². The van der Waals surface area contributed by atoms with Gasteiger partial charge in [0, 0.05) is 49.9 Å². The molecule has 1 N–H and O–H groups in total. The van der Waals surface area contributed by atoms with Gasteiger partial charge in [0.15, 0.2) is 9.84 Å². The summed E-state index contributed by atoms with van der Waals surface area (Å²) in [4.78, 5) is 25.6. The second-order valence-corrected chi connectivity index (χ2v) is 11.0. The summed E-state index contributed by atoms with van der Waals surface area (Å²) in [6, 6.07) is -0.200. The number of hydrogen-bond donors (Lipinski definition) is 1. The number of sulfone groups is 1. The molecule has 3 aliphatic heterocycles. The van der Waals surface area contributed by atoms with Crippen molar-refractivity contribution < 1.29 is 13.2 Å². The lowest BCUT2D eigenvalue weighted by atomic mass is 9.99. The monoisotopic (exact) mass is 407 g/mol. The first-order valence-electron chi connectivity index (χ1n) is 10.1. The van der Waals surface area contributed by atoms with Gasteiger partial charge >= 0.3 is 6.03 Å². The van der Waals surface area contributed by atoms with E-state index in [4.69, 9.17) is 4.98 Å². The van der Waals surface area contributed by atoms with Crippen LogP contribution in [0.2, 0.25) is 0 Å². The maximum Gasteiger partial charge on any atom is 0.317 e. The van der Waals surface area contributed by atoms with Crippen LogP contribution in [0.25, 0.3) is 0 Å². The topological polar surface area (TPSA) is 95.5 Å². The van der Waals surface area contributed by atoms with Crippen LogP contribution in [0.5, 0.6) is 0 Å². The van der Waals surface area contributed by atoms with Crippen LogP contribution in [0.3, 0.4) is 0 Å². The highest BCUT2D eigenvalue weighted by Crippen LogP contribution is 2.39. The molecule has 0 saturated carbocycles. The lowest BCUT2D eigenvalue weighted by Crippen LogP contribution is -2.42. The van der Waals surface area contributed by atoms with Gasteiger partial charge in [0.2, 0.25) is 5.95 Å². The molecule has 0 spiro atoms. The zero-order valence-electron chi connectivity index (χ0n) is 16.8. The fourth-order valence-corrected chi connectivity index (χ4v) is 6.59. The average Bonchev–Trinajstić information content (AvgIpc) is 3.08. The molecule has 154 valence electrons. The summed E-state index contributed by atoms with van der Waals surface area (Å²) in [5.41, 5.74) is 1.49. The van der Waals surface area contributed by atoms with E-state index < -0.39 is 15.1 Å². The predicted molar refractivity (Wildman–Crippen MR) is 107 cm³/mol. The van der Waals surface area contributed by atoms with Crippen molar-refractivity contribution in [3.8, 4) is 0 Å². The quantitative estimate of drug-likeness (QED) is 0.799. The fourth-order valence-electron chi connectivity index (χ4n) is 4.59. The number of hydrogen-bond acceptors (Lipinski definition) is 6. The molecule has 4 heterocycles. The Balaban J connectivity index is 1.64. The van der Waals surface area contributed by atoms with Crippen molar-refractivity contribution in [3.05, 3.63) is 17.5 Å². The predicted octanol–water partition coefficient (Wildman–Crippen LogP) is 1.53. The van der Waals surface area contributed by atoms with Crippen molar-refractivity contribution in [2.45, 2.75) is 56.6 Å². The normalized spacial score (nSPS) is 28.8. The van der Waals surface area contributed by atoms with Crippen LogP contribution in [-0.2, 0) is 15.6 Å². The van der Waals surface area contributed by atoms with Gasteiger partial charge in [-0.05, 0) is 32.6 Å². The number of piperidine rings is 1. The van der Waals surface area contributed by atoms with Gasteiger partial charge in [-0.25, -0.2) is 23.2 Å². The molecule has 4 rings (SSSR count). The van der Waals surface area contributed by atoms with Gasteiger partial charge in [0.05, 0.1) is 16.7 Å². The second-order valence-electron chi connectivity index (χ2n) is 8.74. The van der Waals surface area contributed by atoms with E-state index >= 15 is 0 Å². The molecule has 8 nitrogen and oxygen atoms in total. The highest BCUT2D eigenvalue weighted by atomic mass is 32.2. The number of carbonyl (C=O) groups is 1. The van der Waals surface area contributed by atoms with E-state index in [1.165, 1.54) is 6.42 Å². The van der Waals surface area contributed by atoms with Crippen LogP contribution in [-0.4, -0.2) is 66.8 Å². The zero-order chi connectivity index (χ0) is 20.1. The molecule has 0 bridgehead atoms. The molecule has 1 aromatic rings. The first-order chi connectivity index (χ1) is 13.2. The molecule has 0 aromatic carbocycles. The van der Waals surface area contributed by atoms with Gasteiger partial charge in [-0.15, -0.1) is 0 Å². The number of nitrogens with zero attached hydrogens (tertiary/aromatic N) is 4. The van der Waals surface area contributed by atoms with E-state index in [2.05, 4.69) is 22.1 Å². The Bertz CT molecular complexity index is 872. The lowest BCUT2D eigenvalue weighted by Gasteiger charge is -2.32. The van der Waals surface area contributed by atoms with Crippen LogP contribution in [0, 0.1) is 5.92 Å². The number of likely N-dealkylation sites (tertiary alicyclic amines) is 1. The summed E-state index contributed by atoms with van der Waals surface area (Å²) < 4.78 is 25.6. The van der Waals surface area contributed by atoms with Gasteiger partial charge in [0.25, 0.3) is 0 Å². The van der Waals surface area contributed by atoms with Crippen LogP contribution >= 0.6 is 0 Å². The van der Waals surface area contributed by atoms with Gasteiger partial charge in [-0.2, -0.15) is 0 Å². The summed E-state index contributed by atoms with van der Waals surface area (Å²) >= 11 is 0. The van der Waals surface area contributed by atoms with E-state index in [-0.39, 0.29) is 30.3 Å². The summed E-state index contributed by atoms with van der Waals surface area (Å²) in [7, 11) is -3.33. The van der Waals surface area contributed by atoms with Crippen molar-refractivity contribution in [2.24, 2.45) is 5.92 Å². The molecule has 9 heteroatoms. The van der Waals surface area contributed by atoms with Crippen LogP contribution < -0.4 is 10.2 Å². The molecule has 2 amide bonds. The Morgan fingerprint density at radius 3 is 2.79 bits per heavy atom. The number of fused-ring (bicyclic) bond motifs is 3. The summed E-state index contributed by atoms with van der Waals surface area (Å²) in [6.07, 6.45) is 4.01. The smallest absolute Gasteiger partial charge is 0.317 e. The van der Waals surface area contributed by atoms with Crippen molar-refractivity contribution in [2.75, 3.05) is 31.1 Å². The third kappa shape index (κ3) is 3.56. The van der Waals surface area contributed by atoms with E-state index in [1.54, 1.807) is 11.1 Å². The maximum absolute atomic E-state index is 12.8. The molecule has 3 atom stereocenters. The van der Waals surface area contributed by atoms with Crippen LogP contribution in [0.15, 0.2) is 6.20 Å². The minimum atomic E-state index is -3.33. The van der Waals surface area contributed by atoms with E-state index in [0.29, 0.717) is 24.0 Å². The molecule has 3 aliphatic rings. The van der Waals surface area contributed by atoms with Gasteiger partial charge in [0.1, 0.15) is 0 Å². The number of amides is 2. The summed E-state index contributed by atoms with van der Waals surface area (Å²) in [6.45, 7) is 8.48. The van der Waals surface area contributed by atoms with Crippen molar-refractivity contribution in [3.63, 3.8) is 0 Å². The summed E-state index contributed by atoms with van der Waals surface area (Å²) in [5.74, 6) is 0.965. The fraction of sp³-hybridized carbons (Fsp3) is 0.737. The lowest BCUT2D eigenvalue weighted by molar-refractivity contribution is 0.205. The van der Waals surface area contributed by atoms with Crippen LogP contribution in [0.4, 0.5) is 10.7 Å². The zero-order valence-corrected chi connectivity index (χ0v) is 17.6. The standard InChI is InChI=1S/C19H29N5O3S/c1-12(2)21-19(25)24-9-15-16(10-24)28(26,27)11-14-7-20-18(22-17(14)15)23-6-4-5-13(3)8-23/h7,12-13,15-16H,4-6,8-11H2,1-3H3,(H,21,25)/t13?,15-,16+/m1/s1. The van der Waals surface area contributed by atoms with Crippen molar-refractivity contribution in [1.82, 2.24) is 20.2 Å². The molecule has 0 radical (unpaired) electrons. The number of rotatable bonds is 2. The summed E-state index contributed by atoms with van der Waals surface area (Å²) in [5, 5.41) is 2.28. The third-order valence-corrected chi connectivity index (χ3v) is 8.07. The van der Waals surface area contributed by atoms with E-state index in [9.17, 15) is 13.2 Å². The highest BCUT2D eigenvalue weighted by Gasteiger charge is 2.48. The van der Waals surface area contributed by atoms with Crippen molar-refractivity contribution >= 4 is 21.8 Å². The first kappa shape index (κ1) is 19.4. The highest BCUT2D eigenvalue weighted by molar-refractivity contribution is 7.91.